The van der Waals surface area contributed by atoms with E-state index in [-0.39, 0.29) is 0 Å². The molecule has 0 saturated heterocycles. The van der Waals surface area contributed by atoms with Gasteiger partial charge in [0.15, 0.2) is 5.84 Å². The summed E-state index contributed by atoms with van der Waals surface area (Å²) in [5, 5.41) is 21.7. The summed E-state index contributed by atoms with van der Waals surface area (Å²) in [7, 11) is 0. The van der Waals surface area contributed by atoms with Crippen molar-refractivity contribution in [3.8, 4) is 17.3 Å². The topological polar surface area (TPSA) is 78.4 Å². The summed E-state index contributed by atoms with van der Waals surface area (Å²) in [6.45, 7) is 0. The van der Waals surface area contributed by atoms with Gasteiger partial charge in [-0.25, -0.2) is 15.0 Å². The third-order valence-corrected chi connectivity index (χ3v) is 11.6. The standard InChI is InChI=1S/C47H28N6S/c48-27-28-11-10-14-30(25-28)45-50-46(52-47(51-45)53-38-19-8-5-15-32(38)33-16-6-9-20-39(33)53)31-21-23-40-36(26-31)43-41(54-40)24-22-35-42(43)34-17-4-7-18-37(34)49-44(35)29-12-2-1-3-13-29/h1-26,47H,(H,50,51,52). The van der Waals surface area contributed by atoms with Gasteiger partial charge in [0.2, 0.25) is 6.29 Å². The monoisotopic (exact) mass is 708 g/mol. The number of pyridine rings is 1. The lowest BCUT2D eigenvalue weighted by atomic mass is 9.96. The van der Waals surface area contributed by atoms with Gasteiger partial charge in [-0.3, -0.25) is 0 Å². The molecule has 1 aliphatic rings. The number of aromatic nitrogens is 2. The molecule has 7 aromatic carbocycles. The van der Waals surface area contributed by atoms with Crippen molar-refractivity contribution in [2.45, 2.75) is 6.29 Å². The minimum Gasteiger partial charge on any atom is -0.331 e. The van der Waals surface area contributed by atoms with Crippen LogP contribution < -0.4 is 5.32 Å². The Morgan fingerprint density at radius 1 is 0.574 bits per heavy atom. The fraction of sp³-hybridized carbons (Fsp3) is 0.0213. The van der Waals surface area contributed by atoms with Gasteiger partial charge in [0, 0.05) is 63.8 Å². The Kier molecular flexibility index (Phi) is 6.75. The van der Waals surface area contributed by atoms with Crippen LogP contribution in [-0.2, 0) is 0 Å². The summed E-state index contributed by atoms with van der Waals surface area (Å²) in [5.74, 6) is 1.28. The molecule has 0 saturated carbocycles. The quantitative estimate of drug-likeness (QED) is 0.185. The van der Waals surface area contributed by atoms with E-state index in [4.69, 9.17) is 15.0 Å². The van der Waals surface area contributed by atoms with Crippen molar-refractivity contribution < 1.29 is 0 Å². The van der Waals surface area contributed by atoms with Gasteiger partial charge in [-0.15, -0.1) is 11.3 Å². The number of hydrogen-bond acceptors (Lipinski definition) is 6. The fourth-order valence-electron chi connectivity index (χ4n) is 8.06. The summed E-state index contributed by atoms with van der Waals surface area (Å²) < 4.78 is 4.68. The van der Waals surface area contributed by atoms with Crippen LogP contribution in [0.5, 0.6) is 0 Å². The van der Waals surface area contributed by atoms with E-state index in [1.54, 1.807) is 11.3 Å². The van der Waals surface area contributed by atoms with E-state index in [0.717, 1.165) is 60.5 Å². The van der Waals surface area contributed by atoms with Crippen molar-refractivity contribution in [2.24, 2.45) is 9.98 Å². The lowest BCUT2D eigenvalue weighted by molar-refractivity contribution is 0.516. The normalized spacial score (nSPS) is 14.5. The zero-order valence-electron chi connectivity index (χ0n) is 28.7. The van der Waals surface area contributed by atoms with Gasteiger partial charge in [-0.2, -0.15) is 5.26 Å². The lowest BCUT2D eigenvalue weighted by Gasteiger charge is -2.26. The summed E-state index contributed by atoms with van der Waals surface area (Å²) in [6, 6.07) is 56.7. The summed E-state index contributed by atoms with van der Waals surface area (Å²) in [5.41, 5.74) is 7.51. The number of nitrogens with one attached hydrogen (secondary N) is 1. The Bertz CT molecular complexity index is 3220. The third-order valence-electron chi connectivity index (χ3n) is 10.5. The first-order valence-corrected chi connectivity index (χ1v) is 18.7. The first kappa shape index (κ1) is 30.5. The maximum atomic E-state index is 9.77. The number of benzene rings is 7. The van der Waals surface area contributed by atoms with Crippen molar-refractivity contribution in [1.82, 2.24) is 14.9 Å². The molecule has 4 heterocycles. The molecule has 0 spiro atoms. The maximum Gasteiger partial charge on any atom is 0.204 e. The van der Waals surface area contributed by atoms with E-state index < -0.39 is 6.29 Å². The molecule has 1 unspecified atom stereocenters. The van der Waals surface area contributed by atoms with Crippen LogP contribution in [0.2, 0.25) is 0 Å². The highest BCUT2D eigenvalue weighted by Crippen LogP contribution is 2.44. The molecule has 252 valence electrons. The largest absolute Gasteiger partial charge is 0.331 e. The van der Waals surface area contributed by atoms with Crippen molar-refractivity contribution in [2.75, 3.05) is 0 Å². The summed E-state index contributed by atoms with van der Waals surface area (Å²) in [4.78, 5) is 15.6. The van der Waals surface area contributed by atoms with Crippen molar-refractivity contribution >= 4 is 86.7 Å². The van der Waals surface area contributed by atoms with E-state index in [1.807, 2.05) is 30.3 Å². The van der Waals surface area contributed by atoms with Crippen LogP contribution in [0.4, 0.5) is 0 Å². The molecule has 54 heavy (non-hydrogen) atoms. The van der Waals surface area contributed by atoms with E-state index in [9.17, 15) is 5.26 Å². The molecule has 0 radical (unpaired) electrons. The minimum absolute atomic E-state index is 0.498. The van der Waals surface area contributed by atoms with Gasteiger partial charge in [-0.05, 0) is 54.6 Å². The molecule has 1 N–H and O–H groups in total. The number of amidine groups is 2. The van der Waals surface area contributed by atoms with Crippen LogP contribution >= 0.6 is 11.3 Å². The minimum atomic E-state index is -0.498. The van der Waals surface area contributed by atoms with Gasteiger partial charge >= 0.3 is 0 Å². The Labute approximate surface area is 313 Å². The number of nitrogens with zero attached hydrogens (tertiary/aromatic N) is 5. The molecule has 1 aliphatic heterocycles. The van der Waals surface area contributed by atoms with E-state index in [2.05, 4.69) is 143 Å². The average molecular weight is 709 g/mol. The highest BCUT2D eigenvalue weighted by atomic mass is 32.1. The number of hydrogen-bond donors (Lipinski definition) is 1. The van der Waals surface area contributed by atoms with Crippen molar-refractivity contribution in [3.05, 3.63) is 174 Å². The second-order valence-corrected chi connectivity index (χ2v) is 14.6. The molecule has 6 nitrogen and oxygen atoms in total. The highest BCUT2D eigenvalue weighted by molar-refractivity contribution is 7.26. The van der Waals surface area contributed by atoms with Crippen LogP contribution in [0, 0.1) is 11.3 Å². The number of fused-ring (bicyclic) bond motifs is 10. The smallest absolute Gasteiger partial charge is 0.204 e. The van der Waals surface area contributed by atoms with Crippen LogP contribution in [0.3, 0.4) is 0 Å². The summed E-state index contributed by atoms with van der Waals surface area (Å²) >= 11 is 1.81. The second kappa shape index (κ2) is 12.0. The third kappa shape index (κ3) is 4.68. The molecule has 3 aromatic heterocycles. The molecular weight excluding hydrogens is 681 g/mol. The molecule has 11 rings (SSSR count). The molecule has 1 atom stereocenters. The molecule has 0 amide bonds. The van der Waals surface area contributed by atoms with E-state index in [1.165, 1.54) is 25.6 Å². The lowest BCUT2D eigenvalue weighted by Crippen LogP contribution is -2.36. The highest BCUT2D eigenvalue weighted by Gasteiger charge is 2.25. The number of para-hydroxylation sites is 3. The van der Waals surface area contributed by atoms with Crippen molar-refractivity contribution in [1.29, 1.82) is 5.26 Å². The first-order valence-electron chi connectivity index (χ1n) is 17.9. The van der Waals surface area contributed by atoms with Crippen LogP contribution in [0.15, 0.2) is 168 Å². The molecule has 0 fully saturated rings. The molecular formula is C47H28N6S. The number of aliphatic imine (C=N–C) groups is 2. The van der Waals surface area contributed by atoms with Gasteiger partial charge in [0.25, 0.3) is 0 Å². The zero-order chi connectivity index (χ0) is 35.8. The Hall–Kier alpha value is -7.14. The molecule has 7 heteroatoms. The van der Waals surface area contributed by atoms with Gasteiger partial charge in [0.05, 0.1) is 33.9 Å². The van der Waals surface area contributed by atoms with Gasteiger partial charge in [0.1, 0.15) is 5.84 Å². The number of nitriles is 1. The Morgan fingerprint density at radius 2 is 1.28 bits per heavy atom. The number of rotatable bonds is 4. The predicted octanol–water partition coefficient (Wildman–Crippen LogP) is 11.4. The second-order valence-electron chi connectivity index (χ2n) is 13.5. The Morgan fingerprint density at radius 3 is 2.07 bits per heavy atom. The van der Waals surface area contributed by atoms with Gasteiger partial charge < -0.3 is 9.88 Å². The first-order chi connectivity index (χ1) is 26.7. The predicted molar refractivity (Wildman–Crippen MR) is 223 cm³/mol. The summed E-state index contributed by atoms with van der Waals surface area (Å²) in [6.07, 6.45) is -0.498. The maximum absolute atomic E-state index is 9.77. The van der Waals surface area contributed by atoms with E-state index in [0.29, 0.717) is 17.2 Å². The Balaban J connectivity index is 1.15. The number of thiophene rings is 1. The van der Waals surface area contributed by atoms with E-state index >= 15 is 0 Å². The zero-order valence-corrected chi connectivity index (χ0v) is 29.5. The SMILES string of the molecule is N#Cc1cccc(C2=NC(n3c4ccccc4c4ccccc43)NC(c3ccc4sc5ccc6c(-c7ccccc7)nc7ccccc7c6c5c4c3)=N2)c1. The van der Waals surface area contributed by atoms with Crippen LogP contribution in [-0.4, -0.2) is 21.2 Å². The van der Waals surface area contributed by atoms with Crippen LogP contribution in [0.25, 0.3) is 74.9 Å². The average Bonchev–Trinajstić information content (AvgIpc) is 3.79. The van der Waals surface area contributed by atoms with Crippen LogP contribution in [0.1, 0.15) is 23.0 Å². The molecule has 10 aromatic rings. The van der Waals surface area contributed by atoms with Gasteiger partial charge in [-0.1, -0.05) is 103 Å². The molecule has 0 aliphatic carbocycles. The van der Waals surface area contributed by atoms with Crippen molar-refractivity contribution in [3.63, 3.8) is 0 Å². The fourth-order valence-corrected chi connectivity index (χ4v) is 9.16. The molecule has 0 bridgehead atoms.